The molecule has 0 bridgehead atoms. The van der Waals surface area contributed by atoms with Gasteiger partial charge in [0.05, 0.1) is 3.92 Å². The molecule has 0 saturated carbocycles. The topological polar surface area (TPSA) is 92.3 Å². The number of alkyl halides is 1. The molecule has 0 aromatic rings. The van der Waals surface area contributed by atoms with Gasteiger partial charge < -0.3 is 0 Å². The third-order valence-corrected chi connectivity index (χ3v) is 2.78. The van der Waals surface area contributed by atoms with E-state index in [1.165, 1.54) is 0 Å². The van der Waals surface area contributed by atoms with Crippen LogP contribution in [0.5, 0.6) is 0 Å². The summed E-state index contributed by atoms with van der Waals surface area (Å²) in [6, 6.07) is 0. The Labute approximate surface area is 99.3 Å². The molecule has 2 aliphatic rings. The van der Waals surface area contributed by atoms with Crippen molar-refractivity contribution < 1.29 is 19.2 Å². The first-order valence-corrected chi connectivity index (χ1v) is 5.54. The van der Waals surface area contributed by atoms with Crippen molar-refractivity contribution in [3.8, 4) is 0 Å². The van der Waals surface area contributed by atoms with E-state index >= 15 is 0 Å². The van der Waals surface area contributed by atoms with E-state index in [4.69, 9.17) is 0 Å². The molecule has 15 heavy (non-hydrogen) atoms. The van der Waals surface area contributed by atoms with Crippen LogP contribution in [0.15, 0.2) is 0 Å². The molecule has 0 aromatic heterocycles. The number of hydrogen-bond acceptors (Lipinski definition) is 4. The number of hydrogen-bond donors (Lipinski definition) is 2. The summed E-state index contributed by atoms with van der Waals surface area (Å²) in [6.45, 7) is 0. The van der Waals surface area contributed by atoms with Gasteiger partial charge in [-0.3, -0.25) is 29.8 Å². The highest BCUT2D eigenvalue weighted by Gasteiger charge is 2.27. The number of imide groups is 2. The van der Waals surface area contributed by atoms with E-state index in [2.05, 4.69) is 10.6 Å². The number of amides is 4. The summed E-state index contributed by atoms with van der Waals surface area (Å²) in [4.78, 5) is 41.0. The quantitative estimate of drug-likeness (QED) is 0.349. The van der Waals surface area contributed by atoms with Crippen molar-refractivity contribution in [2.24, 2.45) is 0 Å². The van der Waals surface area contributed by atoms with Crippen LogP contribution in [0.25, 0.3) is 0 Å². The standard InChI is InChI=1S/C4H4INO2.C4H5NO2/c5-2-1-3(7)6-4(2)8;6-3-1-2-4(7)5-3/h2H,1H2,(H,6,7,8);1-2H2,(H,5,6,7). The zero-order valence-corrected chi connectivity index (χ0v) is 9.87. The molecular weight excluding hydrogens is 315 g/mol. The molecule has 1 unspecified atom stereocenters. The molecule has 82 valence electrons. The second kappa shape index (κ2) is 5.19. The minimum absolute atomic E-state index is 0.139. The first kappa shape index (κ1) is 12.1. The normalized spacial score (nSPS) is 24.5. The molecule has 2 fully saturated rings. The molecule has 4 amide bonds. The molecule has 2 heterocycles. The van der Waals surface area contributed by atoms with Crippen LogP contribution in [0, 0.1) is 0 Å². The van der Waals surface area contributed by atoms with Crippen molar-refractivity contribution in [3.63, 3.8) is 0 Å². The maximum atomic E-state index is 10.4. The Bertz CT molecular complexity index is 315. The number of rotatable bonds is 0. The van der Waals surface area contributed by atoms with E-state index in [0.29, 0.717) is 19.3 Å². The predicted molar refractivity (Wildman–Crippen MR) is 58.0 cm³/mol. The number of nitrogens with one attached hydrogen (secondary N) is 2. The van der Waals surface area contributed by atoms with E-state index in [1.807, 2.05) is 22.6 Å². The molecule has 0 radical (unpaired) electrons. The third kappa shape index (κ3) is 3.94. The minimum atomic E-state index is -0.158. The van der Waals surface area contributed by atoms with E-state index in [0.717, 1.165) is 0 Å². The van der Waals surface area contributed by atoms with Crippen LogP contribution in [-0.4, -0.2) is 27.6 Å². The van der Waals surface area contributed by atoms with Gasteiger partial charge in [-0.1, -0.05) is 22.6 Å². The molecule has 0 spiro atoms. The van der Waals surface area contributed by atoms with Crippen LogP contribution >= 0.6 is 22.6 Å². The van der Waals surface area contributed by atoms with E-state index in [1.54, 1.807) is 0 Å². The lowest BCUT2D eigenvalue weighted by atomic mass is 10.4. The largest absolute Gasteiger partial charge is 0.296 e. The third-order valence-electron chi connectivity index (χ3n) is 1.77. The fourth-order valence-corrected chi connectivity index (χ4v) is 1.59. The summed E-state index contributed by atoms with van der Waals surface area (Å²) in [7, 11) is 0. The lowest BCUT2D eigenvalue weighted by Crippen LogP contribution is -2.21. The fraction of sp³-hybridized carbons (Fsp3) is 0.500. The Morgan fingerprint density at radius 3 is 1.60 bits per heavy atom. The molecule has 2 aliphatic heterocycles. The van der Waals surface area contributed by atoms with Gasteiger partial charge in [-0.15, -0.1) is 0 Å². The SMILES string of the molecule is O=C1CC(I)C(=O)N1.O=C1CCC(=O)N1. The summed E-state index contributed by atoms with van der Waals surface area (Å²) in [6.07, 6.45) is 1.09. The highest BCUT2D eigenvalue weighted by Crippen LogP contribution is 2.10. The van der Waals surface area contributed by atoms with Crippen LogP contribution < -0.4 is 10.6 Å². The van der Waals surface area contributed by atoms with Gasteiger partial charge in [0.15, 0.2) is 0 Å². The molecular formula is C8H9IN2O4. The van der Waals surface area contributed by atoms with Crippen LogP contribution in [0.3, 0.4) is 0 Å². The number of halogens is 1. The molecule has 0 aromatic carbocycles. The average molecular weight is 324 g/mol. The fourth-order valence-electron chi connectivity index (χ4n) is 1.03. The minimum Gasteiger partial charge on any atom is -0.296 e. The summed E-state index contributed by atoms with van der Waals surface area (Å²) in [5.41, 5.74) is 0. The molecule has 6 nitrogen and oxygen atoms in total. The van der Waals surface area contributed by atoms with Gasteiger partial charge in [-0.05, 0) is 0 Å². The van der Waals surface area contributed by atoms with Crippen LogP contribution in [0.1, 0.15) is 19.3 Å². The van der Waals surface area contributed by atoms with Crippen molar-refractivity contribution in [2.45, 2.75) is 23.2 Å². The summed E-state index contributed by atoms with van der Waals surface area (Å²) in [5, 5.41) is 4.32. The van der Waals surface area contributed by atoms with Crippen molar-refractivity contribution >= 4 is 46.2 Å². The summed E-state index contributed by atoms with van der Waals surface area (Å²) in [5.74, 6) is -0.611. The van der Waals surface area contributed by atoms with Gasteiger partial charge in [0.25, 0.3) is 0 Å². The van der Waals surface area contributed by atoms with Gasteiger partial charge >= 0.3 is 0 Å². The smallest absolute Gasteiger partial charge is 0.240 e. The lowest BCUT2D eigenvalue weighted by Gasteiger charge is -1.86. The summed E-state index contributed by atoms with van der Waals surface area (Å²) < 4.78 is -0.139. The van der Waals surface area contributed by atoms with Crippen LogP contribution in [-0.2, 0) is 19.2 Å². The van der Waals surface area contributed by atoms with Gasteiger partial charge in [0.1, 0.15) is 0 Å². The Hall–Kier alpha value is -0.990. The maximum absolute atomic E-state index is 10.4. The van der Waals surface area contributed by atoms with E-state index < -0.39 is 0 Å². The number of carbonyl (C=O) groups is 4. The van der Waals surface area contributed by atoms with Crippen LogP contribution in [0.4, 0.5) is 0 Å². The van der Waals surface area contributed by atoms with Crippen molar-refractivity contribution in [2.75, 3.05) is 0 Å². The van der Waals surface area contributed by atoms with E-state index in [-0.39, 0.29) is 27.6 Å². The van der Waals surface area contributed by atoms with Crippen LogP contribution in [0.2, 0.25) is 0 Å². The summed E-state index contributed by atoms with van der Waals surface area (Å²) >= 11 is 1.94. The van der Waals surface area contributed by atoms with Crippen molar-refractivity contribution in [3.05, 3.63) is 0 Å². The monoisotopic (exact) mass is 324 g/mol. The van der Waals surface area contributed by atoms with Crippen molar-refractivity contribution in [1.29, 1.82) is 0 Å². The maximum Gasteiger partial charge on any atom is 0.240 e. The Kier molecular flexibility index (Phi) is 4.18. The van der Waals surface area contributed by atoms with Gasteiger partial charge in [0.2, 0.25) is 23.6 Å². The van der Waals surface area contributed by atoms with Gasteiger partial charge in [-0.2, -0.15) is 0 Å². The zero-order chi connectivity index (χ0) is 11.4. The molecule has 2 saturated heterocycles. The average Bonchev–Trinajstić information content (AvgIpc) is 2.61. The highest BCUT2D eigenvalue weighted by atomic mass is 127. The predicted octanol–water partition coefficient (Wildman–Crippen LogP) is -0.741. The Morgan fingerprint density at radius 2 is 1.47 bits per heavy atom. The first-order valence-electron chi connectivity index (χ1n) is 4.29. The Morgan fingerprint density at radius 1 is 0.933 bits per heavy atom. The lowest BCUT2D eigenvalue weighted by molar-refractivity contribution is -0.126. The van der Waals surface area contributed by atoms with Crippen molar-refractivity contribution in [1.82, 2.24) is 10.6 Å². The highest BCUT2D eigenvalue weighted by molar-refractivity contribution is 14.1. The second-order valence-corrected chi connectivity index (χ2v) is 4.56. The molecule has 0 aliphatic carbocycles. The molecule has 7 heteroatoms. The number of carbonyl (C=O) groups excluding carboxylic acids is 4. The Balaban J connectivity index is 0.000000151. The first-order chi connectivity index (χ1) is 6.99. The molecule has 1 atom stereocenters. The molecule has 2 N–H and O–H groups in total. The van der Waals surface area contributed by atoms with Gasteiger partial charge in [-0.25, -0.2) is 0 Å². The molecule has 2 rings (SSSR count). The van der Waals surface area contributed by atoms with E-state index in [9.17, 15) is 19.2 Å². The van der Waals surface area contributed by atoms with Gasteiger partial charge in [0, 0.05) is 19.3 Å². The zero-order valence-electron chi connectivity index (χ0n) is 7.71. The second-order valence-electron chi connectivity index (χ2n) is 3.06.